The van der Waals surface area contributed by atoms with Gasteiger partial charge in [0.15, 0.2) is 5.82 Å². The van der Waals surface area contributed by atoms with E-state index in [4.69, 9.17) is 4.74 Å². The van der Waals surface area contributed by atoms with E-state index in [1.165, 1.54) is 0 Å². The Bertz CT molecular complexity index is 859. The Balaban J connectivity index is 1.44. The molecule has 2 unspecified atom stereocenters. The normalized spacial score (nSPS) is 24.7. The number of carbonyl (C=O) groups excluding carboxylic acids is 2. The van der Waals surface area contributed by atoms with Gasteiger partial charge in [-0.25, -0.2) is 4.79 Å². The number of hydrogen-bond acceptors (Lipinski definition) is 5. The molecule has 3 aliphatic rings. The maximum atomic E-state index is 13.3. The van der Waals surface area contributed by atoms with Crippen LogP contribution in [0.3, 0.4) is 0 Å². The zero-order valence-electron chi connectivity index (χ0n) is 18.0. The van der Waals surface area contributed by atoms with E-state index in [1.807, 2.05) is 20.8 Å². The van der Waals surface area contributed by atoms with E-state index in [0.717, 1.165) is 17.4 Å². The molecule has 172 valence electrons. The Kier molecular flexibility index (Phi) is 5.41. The molecule has 4 rings (SSSR count). The second-order valence-corrected chi connectivity index (χ2v) is 9.67. The minimum atomic E-state index is -4.57. The molecular weight excluding hydrogens is 415 g/mol. The first-order valence-electron chi connectivity index (χ1n) is 10.7. The molecule has 0 spiro atoms. The van der Waals surface area contributed by atoms with E-state index < -0.39 is 17.6 Å². The van der Waals surface area contributed by atoms with Gasteiger partial charge in [0.05, 0.1) is 6.54 Å². The van der Waals surface area contributed by atoms with Gasteiger partial charge in [-0.3, -0.25) is 4.79 Å². The average Bonchev–Trinajstić information content (AvgIpc) is 3.42. The SMILES string of the molecule is CC(C)(C)OC(=O)N1CCC(C(=O)N2CCn3c(nnc3C(F)(F)F)C2)C(C2CC2)C1. The maximum absolute atomic E-state index is 13.3. The highest BCUT2D eigenvalue weighted by atomic mass is 19.4. The van der Waals surface area contributed by atoms with Gasteiger partial charge in [0.2, 0.25) is 11.7 Å². The molecule has 1 aromatic rings. The van der Waals surface area contributed by atoms with Gasteiger partial charge in [-0.1, -0.05) is 0 Å². The number of aromatic nitrogens is 3. The van der Waals surface area contributed by atoms with Crippen LogP contribution < -0.4 is 0 Å². The lowest BCUT2D eigenvalue weighted by Crippen LogP contribution is -2.52. The van der Waals surface area contributed by atoms with E-state index in [2.05, 4.69) is 10.2 Å². The first kappa shape index (κ1) is 21.9. The molecule has 31 heavy (non-hydrogen) atoms. The highest BCUT2D eigenvalue weighted by Crippen LogP contribution is 2.44. The van der Waals surface area contributed by atoms with Gasteiger partial charge in [0, 0.05) is 32.1 Å². The summed E-state index contributed by atoms with van der Waals surface area (Å²) in [5.41, 5.74) is -0.585. The van der Waals surface area contributed by atoms with Crippen LogP contribution in [0.2, 0.25) is 0 Å². The third-order valence-corrected chi connectivity index (χ3v) is 6.17. The molecule has 8 nitrogen and oxygen atoms in total. The Morgan fingerprint density at radius 2 is 1.71 bits per heavy atom. The van der Waals surface area contributed by atoms with Gasteiger partial charge in [-0.15, -0.1) is 10.2 Å². The molecule has 3 heterocycles. The lowest BCUT2D eigenvalue weighted by Gasteiger charge is -2.41. The van der Waals surface area contributed by atoms with Crippen LogP contribution in [0, 0.1) is 17.8 Å². The van der Waals surface area contributed by atoms with Crippen LogP contribution in [0.1, 0.15) is 51.7 Å². The number of likely N-dealkylation sites (tertiary alicyclic amines) is 1. The fraction of sp³-hybridized carbons (Fsp3) is 0.800. The summed E-state index contributed by atoms with van der Waals surface area (Å²) >= 11 is 0. The fourth-order valence-electron chi connectivity index (χ4n) is 4.57. The number of ether oxygens (including phenoxy) is 1. The predicted molar refractivity (Wildman–Crippen MR) is 103 cm³/mol. The standard InChI is InChI=1S/C20H28F3N5O3/c1-19(2,3)31-18(30)27-7-6-13(14(10-27)12-4-5-12)16(29)26-8-9-28-15(11-26)24-25-17(28)20(21,22)23/h12-14H,4-11H2,1-3H3. The molecule has 1 aliphatic carbocycles. The van der Waals surface area contributed by atoms with Crippen LogP contribution in [0.5, 0.6) is 0 Å². The first-order valence-corrected chi connectivity index (χ1v) is 10.7. The number of alkyl halides is 3. The molecule has 0 aromatic carbocycles. The second kappa shape index (κ2) is 7.67. The molecule has 0 N–H and O–H groups in total. The lowest BCUT2D eigenvalue weighted by molar-refractivity contribution is -0.148. The molecule has 1 saturated carbocycles. The summed E-state index contributed by atoms with van der Waals surface area (Å²) in [5.74, 6) is -0.743. The van der Waals surface area contributed by atoms with E-state index in [1.54, 1.807) is 9.80 Å². The van der Waals surface area contributed by atoms with E-state index in [0.29, 0.717) is 25.4 Å². The molecule has 1 saturated heterocycles. The molecule has 0 bridgehead atoms. The summed E-state index contributed by atoms with van der Waals surface area (Å²) in [5, 5.41) is 6.95. The minimum Gasteiger partial charge on any atom is -0.444 e. The summed E-state index contributed by atoms with van der Waals surface area (Å²) in [7, 11) is 0. The second-order valence-electron chi connectivity index (χ2n) is 9.67. The molecular formula is C20H28F3N5O3. The molecule has 2 aliphatic heterocycles. The molecule has 2 atom stereocenters. The van der Waals surface area contributed by atoms with Gasteiger partial charge < -0.3 is 19.1 Å². The third-order valence-electron chi connectivity index (χ3n) is 6.17. The Labute approximate surface area is 178 Å². The van der Waals surface area contributed by atoms with E-state index in [9.17, 15) is 22.8 Å². The number of hydrogen-bond donors (Lipinski definition) is 0. The quantitative estimate of drug-likeness (QED) is 0.702. The molecule has 0 radical (unpaired) electrons. The molecule has 1 aromatic heterocycles. The van der Waals surface area contributed by atoms with Crippen molar-refractivity contribution in [2.45, 2.75) is 64.9 Å². The van der Waals surface area contributed by atoms with Crippen molar-refractivity contribution in [2.75, 3.05) is 19.6 Å². The summed E-state index contributed by atoms with van der Waals surface area (Å²) in [6.45, 7) is 6.58. The van der Waals surface area contributed by atoms with Crippen molar-refractivity contribution >= 4 is 12.0 Å². The van der Waals surface area contributed by atoms with Crippen molar-refractivity contribution in [3.05, 3.63) is 11.6 Å². The smallest absolute Gasteiger partial charge is 0.444 e. The Morgan fingerprint density at radius 1 is 1.00 bits per heavy atom. The molecule has 11 heteroatoms. The molecule has 2 fully saturated rings. The largest absolute Gasteiger partial charge is 0.451 e. The number of carbonyl (C=O) groups is 2. The maximum Gasteiger partial charge on any atom is 0.451 e. The van der Waals surface area contributed by atoms with Crippen LogP contribution in [-0.4, -0.2) is 61.8 Å². The zero-order chi connectivity index (χ0) is 22.6. The van der Waals surface area contributed by atoms with Crippen LogP contribution in [0.25, 0.3) is 0 Å². The van der Waals surface area contributed by atoms with E-state index >= 15 is 0 Å². The minimum absolute atomic E-state index is 0.0194. The number of rotatable bonds is 2. The van der Waals surface area contributed by atoms with Crippen LogP contribution >= 0.6 is 0 Å². The number of nitrogens with zero attached hydrogens (tertiary/aromatic N) is 5. The summed E-state index contributed by atoms with van der Waals surface area (Å²) < 4.78 is 45.7. The average molecular weight is 443 g/mol. The first-order chi connectivity index (χ1) is 14.4. The van der Waals surface area contributed by atoms with Gasteiger partial charge in [0.1, 0.15) is 5.60 Å². The number of piperidine rings is 1. The lowest BCUT2D eigenvalue weighted by atomic mass is 9.81. The summed E-state index contributed by atoms with van der Waals surface area (Å²) in [4.78, 5) is 29.1. The van der Waals surface area contributed by atoms with Crippen LogP contribution in [-0.2, 0) is 28.8 Å². The van der Waals surface area contributed by atoms with Crippen molar-refractivity contribution in [1.29, 1.82) is 0 Å². The summed E-state index contributed by atoms with van der Waals surface area (Å²) in [6.07, 6.45) is -2.35. The fourth-order valence-corrected chi connectivity index (χ4v) is 4.57. The van der Waals surface area contributed by atoms with Crippen molar-refractivity contribution < 1.29 is 27.5 Å². The highest BCUT2D eigenvalue weighted by molar-refractivity contribution is 5.80. The Hall–Kier alpha value is -2.33. The zero-order valence-corrected chi connectivity index (χ0v) is 18.0. The Morgan fingerprint density at radius 3 is 2.32 bits per heavy atom. The van der Waals surface area contributed by atoms with Gasteiger partial charge in [-0.2, -0.15) is 13.2 Å². The molecule has 2 amide bonds. The van der Waals surface area contributed by atoms with Crippen molar-refractivity contribution in [3.8, 4) is 0 Å². The number of halogens is 3. The van der Waals surface area contributed by atoms with E-state index in [-0.39, 0.29) is 49.3 Å². The van der Waals surface area contributed by atoms with Crippen LogP contribution in [0.4, 0.5) is 18.0 Å². The van der Waals surface area contributed by atoms with Gasteiger partial charge in [-0.05, 0) is 51.9 Å². The third kappa shape index (κ3) is 4.64. The van der Waals surface area contributed by atoms with Crippen LogP contribution in [0.15, 0.2) is 0 Å². The van der Waals surface area contributed by atoms with Crippen molar-refractivity contribution in [1.82, 2.24) is 24.6 Å². The predicted octanol–water partition coefficient (Wildman–Crippen LogP) is 2.92. The monoisotopic (exact) mass is 443 g/mol. The number of fused-ring (bicyclic) bond motifs is 1. The topological polar surface area (TPSA) is 80.6 Å². The summed E-state index contributed by atoms with van der Waals surface area (Å²) in [6, 6.07) is 0. The van der Waals surface area contributed by atoms with Crippen molar-refractivity contribution in [2.24, 2.45) is 17.8 Å². The van der Waals surface area contributed by atoms with Gasteiger partial charge >= 0.3 is 12.3 Å². The van der Waals surface area contributed by atoms with Crippen molar-refractivity contribution in [3.63, 3.8) is 0 Å². The van der Waals surface area contributed by atoms with Gasteiger partial charge in [0.25, 0.3) is 0 Å². The number of amides is 2. The highest BCUT2D eigenvalue weighted by Gasteiger charge is 2.46.